The van der Waals surface area contributed by atoms with Crippen LogP contribution in [0.4, 0.5) is 5.69 Å². The van der Waals surface area contributed by atoms with E-state index in [4.69, 9.17) is 16.3 Å². The van der Waals surface area contributed by atoms with Gasteiger partial charge in [-0.1, -0.05) is 29.8 Å². The van der Waals surface area contributed by atoms with Gasteiger partial charge in [0, 0.05) is 43.3 Å². The summed E-state index contributed by atoms with van der Waals surface area (Å²) < 4.78 is 32.9. The van der Waals surface area contributed by atoms with Crippen LogP contribution < -0.4 is 0 Å². The molecule has 1 saturated heterocycles. The van der Waals surface area contributed by atoms with E-state index < -0.39 is 27.0 Å². The van der Waals surface area contributed by atoms with Crippen molar-refractivity contribution in [2.45, 2.75) is 24.8 Å². The van der Waals surface area contributed by atoms with Crippen LogP contribution in [0, 0.1) is 24.0 Å². The van der Waals surface area contributed by atoms with Gasteiger partial charge in [0.2, 0.25) is 10.0 Å². The van der Waals surface area contributed by atoms with Crippen molar-refractivity contribution >= 4 is 33.3 Å². The third-order valence-corrected chi connectivity index (χ3v) is 8.06. The van der Waals surface area contributed by atoms with Crippen molar-refractivity contribution in [1.82, 2.24) is 9.21 Å². The number of hydrogen-bond acceptors (Lipinski definition) is 7. The molecule has 1 heterocycles. The van der Waals surface area contributed by atoms with Crippen molar-refractivity contribution in [2.24, 2.45) is 0 Å². The molecule has 0 bridgehead atoms. The second kappa shape index (κ2) is 9.53. The summed E-state index contributed by atoms with van der Waals surface area (Å²) in [6.45, 7) is 4.02. The highest BCUT2D eigenvalue weighted by Crippen LogP contribution is 2.32. The van der Waals surface area contributed by atoms with Crippen molar-refractivity contribution in [3.8, 4) is 0 Å². The predicted molar refractivity (Wildman–Crippen MR) is 119 cm³/mol. The SMILES string of the molecule is COC(=O)C(c1ccccc1Cl)N1CCN(S(=O)(=O)c2cc([N+](=O)[O-])cc(C)c2C)CC1. The molecule has 9 nitrogen and oxygen atoms in total. The Hall–Kier alpha value is -2.53. The van der Waals surface area contributed by atoms with E-state index in [0.717, 1.165) is 6.07 Å². The minimum Gasteiger partial charge on any atom is -0.468 e. The Balaban J connectivity index is 1.87. The monoisotopic (exact) mass is 481 g/mol. The van der Waals surface area contributed by atoms with Gasteiger partial charge in [-0.05, 0) is 36.6 Å². The van der Waals surface area contributed by atoms with Crippen LogP contribution in [0.2, 0.25) is 5.02 Å². The summed E-state index contributed by atoms with van der Waals surface area (Å²) in [7, 11) is -2.67. The Morgan fingerprint density at radius 2 is 1.78 bits per heavy atom. The molecule has 1 unspecified atom stereocenters. The molecule has 3 rings (SSSR count). The first-order valence-electron chi connectivity index (χ1n) is 9.90. The van der Waals surface area contributed by atoms with Crippen molar-refractivity contribution in [1.29, 1.82) is 0 Å². The van der Waals surface area contributed by atoms with Crippen LogP contribution >= 0.6 is 11.6 Å². The fourth-order valence-electron chi connectivity index (χ4n) is 3.80. The molecule has 11 heteroatoms. The van der Waals surface area contributed by atoms with E-state index in [1.807, 2.05) is 4.90 Å². The maximum absolute atomic E-state index is 13.3. The minimum atomic E-state index is -3.96. The molecular formula is C21H24ClN3O6S. The molecule has 2 aromatic carbocycles. The maximum atomic E-state index is 13.3. The summed E-state index contributed by atoms with van der Waals surface area (Å²) >= 11 is 6.30. The quantitative estimate of drug-likeness (QED) is 0.354. The molecule has 172 valence electrons. The number of nitrogens with zero attached hydrogens (tertiary/aromatic N) is 3. The van der Waals surface area contributed by atoms with Crippen molar-refractivity contribution in [3.63, 3.8) is 0 Å². The van der Waals surface area contributed by atoms with E-state index in [0.29, 0.717) is 21.7 Å². The van der Waals surface area contributed by atoms with E-state index >= 15 is 0 Å². The zero-order chi connectivity index (χ0) is 23.6. The highest BCUT2D eigenvalue weighted by atomic mass is 35.5. The van der Waals surface area contributed by atoms with Crippen molar-refractivity contribution < 1.29 is 22.9 Å². The maximum Gasteiger partial charge on any atom is 0.327 e. The average molecular weight is 482 g/mol. The van der Waals surface area contributed by atoms with Crippen LogP contribution in [0.5, 0.6) is 0 Å². The molecule has 1 atom stereocenters. The molecule has 0 spiro atoms. The number of carbonyl (C=O) groups excluding carboxylic acids is 1. The molecule has 0 saturated carbocycles. The van der Waals surface area contributed by atoms with Crippen LogP contribution in [0.1, 0.15) is 22.7 Å². The number of esters is 1. The topological polar surface area (TPSA) is 110 Å². The van der Waals surface area contributed by atoms with E-state index in [1.165, 1.54) is 17.5 Å². The lowest BCUT2D eigenvalue weighted by atomic mass is 10.0. The van der Waals surface area contributed by atoms with Gasteiger partial charge in [0.05, 0.1) is 16.9 Å². The number of sulfonamides is 1. The Morgan fingerprint density at radius 3 is 2.34 bits per heavy atom. The lowest BCUT2D eigenvalue weighted by Crippen LogP contribution is -2.51. The number of carbonyl (C=O) groups is 1. The van der Waals surface area contributed by atoms with Crippen LogP contribution in [-0.2, 0) is 19.6 Å². The summed E-state index contributed by atoms with van der Waals surface area (Å²) in [5.74, 6) is -0.487. The third-order valence-electron chi connectivity index (χ3n) is 5.70. The number of halogens is 1. The minimum absolute atomic E-state index is 0.0757. The smallest absolute Gasteiger partial charge is 0.327 e. The fourth-order valence-corrected chi connectivity index (χ4v) is 5.78. The van der Waals surface area contributed by atoms with Crippen LogP contribution in [0.15, 0.2) is 41.3 Å². The molecule has 0 N–H and O–H groups in total. The van der Waals surface area contributed by atoms with E-state index in [2.05, 4.69) is 0 Å². The third kappa shape index (κ3) is 4.63. The lowest BCUT2D eigenvalue weighted by molar-refractivity contribution is -0.385. The molecule has 1 aliphatic heterocycles. The number of benzene rings is 2. The summed E-state index contributed by atoms with van der Waals surface area (Å²) in [6.07, 6.45) is 0. The summed E-state index contributed by atoms with van der Waals surface area (Å²) in [4.78, 5) is 24.9. The van der Waals surface area contributed by atoms with E-state index in [1.54, 1.807) is 38.1 Å². The summed E-state index contributed by atoms with van der Waals surface area (Å²) in [5.41, 5.74) is 1.32. The number of non-ortho nitro benzene ring substituents is 1. The van der Waals surface area contributed by atoms with Gasteiger partial charge >= 0.3 is 5.97 Å². The molecule has 0 aliphatic carbocycles. The number of nitro groups is 1. The largest absolute Gasteiger partial charge is 0.468 e. The first-order chi connectivity index (χ1) is 15.1. The normalized spacial score (nSPS) is 16.5. The van der Waals surface area contributed by atoms with Gasteiger partial charge in [0.25, 0.3) is 5.69 Å². The molecule has 2 aromatic rings. The average Bonchev–Trinajstić information content (AvgIpc) is 2.76. The second-order valence-corrected chi connectivity index (χ2v) is 9.84. The Morgan fingerprint density at radius 1 is 1.16 bits per heavy atom. The molecule has 0 aromatic heterocycles. The zero-order valence-electron chi connectivity index (χ0n) is 17.9. The Kier molecular flexibility index (Phi) is 7.19. The van der Waals surface area contributed by atoms with Crippen LogP contribution in [0.25, 0.3) is 0 Å². The number of hydrogen-bond donors (Lipinski definition) is 0. The molecular weight excluding hydrogens is 458 g/mol. The predicted octanol–water partition coefficient (Wildman–Crippen LogP) is 3.09. The highest BCUT2D eigenvalue weighted by Gasteiger charge is 2.36. The number of rotatable bonds is 6. The van der Waals surface area contributed by atoms with Gasteiger partial charge in [-0.2, -0.15) is 4.31 Å². The lowest BCUT2D eigenvalue weighted by Gasteiger charge is -2.38. The summed E-state index contributed by atoms with van der Waals surface area (Å²) in [6, 6.07) is 8.64. The van der Waals surface area contributed by atoms with Gasteiger partial charge in [-0.15, -0.1) is 0 Å². The Bertz CT molecular complexity index is 1150. The summed E-state index contributed by atoms with van der Waals surface area (Å²) in [5, 5.41) is 11.6. The fraction of sp³-hybridized carbons (Fsp3) is 0.381. The number of ether oxygens (including phenoxy) is 1. The first kappa shape index (κ1) is 24.1. The highest BCUT2D eigenvalue weighted by molar-refractivity contribution is 7.89. The molecule has 1 aliphatic rings. The Labute approximate surface area is 191 Å². The van der Waals surface area contributed by atoms with Crippen molar-refractivity contribution in [2.75, 3.05) is 33.3 Å². The number of piperazine rings is 1. The van der Waals surface area contributed by atoms with E-state index in [9.17, 15) is 23.3 Å². The number of aryl methyl sites for hydroxylation is 1. The standard InChI is InChI=1S/C21H24ClN3O6S/c1-14-12-16(25(27)28)13-19(15(14)2)32(29,30)24-10-8-23(9-11-24)20(21(26)31-3)17-6-4-5-7-18(17)22/h4-7,12-13,20H,8-11H2,1-3H3. The molecule has 1 fully saturated rings. The van der Waals surface area contributed by atoms with Crippen LogP contribution in [-0.4, -0.2) is 61.8 Å². The van der Waals surface area contributed by atoms with Gasteiger partial charge in [-0.3, -0.25) is 15.0 Å². The molecule has 0 amide bonds. The van der Waals surface area contributed by atoms with Gasteiger partial charge in [0.1, 0.15) is 6.04 Å². The number of methoxy groups -OCH3 is 1. The van der Waals surface area contributed by atoms with Crippen molar-refractivity contribution in [3.05, 3.63) is 68.2 Å². The zero-order valence-corrected chi connectivity index (χ0v) is 19.5. The number of nitro benzene ring substituents is 1. The molecule has 0 radical (unpaired) electrons. The van der Waals surface area contributed by atoms with Gasteiger partial charge in [0.15, 0.2) is 0 Å². The van der Waals surface area contributed by atoms with E-state index in [-0.39, 0.29) is 36.8 Å². The molecule has 32 heavy (non-hydrogen) atoms. The second-order valence-electron chi connectivity index (χ2n) is 7.53. The first-order valence-corrected chi connectivity index (χ1v) is 11.7. The van der Waals surface area contributed by atoms with Crippen LogP contribution in [0.3, 0.4) is 0 Å². The van der Waals surface area contributed by atoms with Gasteiger partial charge in [-0.25, -0.2) is 13.2 Å². The van der Waals surface area contributed by atoms with Gasteiger partial charge < -0.3 is 4.74 Å².